The summed E-state index contributed by atoms with van der Waals surface area (Å²) in [5.74, 6) is -0.869. The van der Waals surface area contributed by atoms with Gasteiger partial charge in [-0.05, 0) is 12.8 Å². The van der Waals surface area contributed by atoms with Gasteiger partial charge in [-0.25, -0.2) is 9.59 Å². The van der Waals surface area contributed by atoms with Gasteiger partial charge in [0.25, 0.3) is 0 Å². The molecule has 1 aliphatic carbocycles. The molecule has 0 radical (unpaired) electrons. The average Bonchev–Trinajstić information content (AvgIpc) is 3.12. The molecule has 1 rings (SSSR count). The number of aliphatic carboxylic acids is 1. The molecule has 4 amide bonds. The van der Waals surface area contributed by atoms with Crippen LogP contribution in [0.4, 0.5) is 9.59 Å². The highest BCUT2D eigenvalue weighted by molar-refractivity contribution is 5.80. The molecular weight excluding hydrogens is 252 g/mol. The summed E-state index contributed by atoms with van der Waals surface area (Å²) in [7, 11) is 3.24. The van der Waals surface area contributed by atoms with Crippen molar-refractivity contribution in [2.45, 2.75) is 12.8 Å². The molecule has 0 spiro atoms. The number of hydrogen-bond donors (Lipinski definition) is 4. The Balaban J connectivity index is 2.09. The molecular formula is C11H20N4O4. The average molecular weight is 272 g/mol. The van der Waals surface area contributed by atoms with Gasteiger partial charge in [0.05, 0.1) is 5.41 Å². The molecule has 19 heavy (non-hydrogen) atoms. The van der Waals surface area contributed by atoms with Crippen LogP contribution < -0.4 is 16.0 Å². The topological polar surface area (TPSA) is 111 Å². The van der Waals surface area contributed by atoms with Crippen LogP contribution in [0.5, 0.6) is 0 Å². The molecule has 108 valence electrons. The number of nitrogens with zero attached hydrogens (tertiary/aromatic N) is 1. The third-order valence-electron chi connectivity index (χ3n) is 2.99. The molecule has 4 N–H and O–H groups in total. The van der Waals surface area contributed by atoms with E-state index in [1.54, 1.807) is 14.1 Å². The smallest absolute Gasteiger partial charge is 0.316 e. The summed E-state index contributed by atoms with van der Waals surface area (Å²) in [6.45, 7) is 0.734. The van der Waals surface area contributed by atoms with Crippen molar-refractivity contribution >= 4 is 18.0 Å². The Bertz CT molecular complexity index is 366. The summed E-state index contributed by atoms with van der Waals surface area (Å²) in [4.78, 5) is 34.8. The van der Waals surface area contributed by atoms with Crippen LogP contribution in [-0.2, 0) is 4.79 Å². The standard InChI is InChI=1S/C11H20N4O4/c1-15(2)10(19)13-6-5-12-9(18)14-7-11(3-4-11)8(16)17/h3-7H2,1-2H3,(H,13,19)(H,16,17)(H2,12,14,18). The second-order valence-corrected chi connectivity index (χ2v) is 4.82. The largest absolute Gasteiger partial charge is 0.481 e. The monoisotopic (exact) mass is 272 g/mol. The second kappa shape index (κ2) is 6.26. The minimum atomic E-state index is -0.869. The minimum absolute atomic E-state index is 0.137. The third kappa shape index (κ3) is 4.65. The van der Waals surface area contributed by atoms with Crippen molar-refractivity contribution in [3.8, 4) is 0 Å². The fourth-order valence-electron chi connectivity index (χ4n) is 1.43. The van der Waals surface area contributed by atoms with E-state index in [1.807, 2.05) is 0 Å². The Morgan fingerprint density at radius 3 is 2.16 bits per heavy atom. The highest BCUT2D eigenvalue weighted by Gasteiger charge is 2.50. The van der Waals surface area contributed by atoms with E-state index in [0.29, 0.717) is 19.4 Å². The van der Waals surface area contributed by atoms with Gasteiger partial charge in [-0.3, -0.25) is 4.79 Å². The van der Waals surface area contributed by atoms with Crippen molar-refractivity contribution in [1.82, 2.24) is 20.9 Å². The molecule has 0 aromatic carbocycles. The molecule has 0 unspecified atom stereocenters. The molecule has 1 aliphatic rings. The van der Waals surface area contributed by atoms with E-state index < -0.39 is 17.4 Å². The van der Waals surface area contributed by atoms with Crippen molar-refractivity contribution in [2.75, 3.05) is 33.7 Å². The predicted octanol–water partition coefficient (Wildman–Crippen LogP) is -0.578. The van der Waals surface area contributed by atoms with Crippen LogP contribution in [0.1, 0.15) is 12.8 Å². The number of amides is 4. The van der Waals surface area contributed by atoms with Gasteiger partial charge >= 0.3 is 18.0 Å². The van der Waals surface area contributed by atoms with Gasteiger partial charge in [-0.2, -0.15) is 0 Å². The van der Waals surface area contributed by atoms with Crippen LogP contribution in [0.15, 0.2) is 0 Å². The number of hydrogen-bond acceptors (Lipinski definition) is 3. The Morgan fingerprint density at radius 1 is 1.11 bits per heavy atom. The molecule has 0 heterocycles. The second-order valence-electron chi connectivity index (χ2n) is 4.82. The normalized spacial score (nSPS) is 15.3. The van der Waals surface area contributed by atoms with E-state index in [9.17, 15) is 14.4 Å². The minimum Gasteiger partial charge on any atom is -0.481 e. The maximum absolute atomic E-state index is 11.4. The van der Waals surface area contributed by atoms with Crippen LogP contribution in [0.25, 0.3) is 0 Å². The first kappa shape index (κ1) is 15.1. The first-order valence-electron chi connectivity index (χ1n) is 6.08. The number of rotatable bonds is 6. The molecule has 0 aliphatic heterocycles. The Kier molecular flexibility index (Phi) is 4.96. The number of urea groups is 2. The van der Waals surface area contributed by atoms with Crippen LogP contribution in [0.3, 0.4) is 0 Å². The van der Waals surface area contributed by atoms with Gasteiger partial charge in [0.2, 0.25) is 0 Å². The molecule has 0 aromatic rings. The first-order chi connectivity index (χ1) is 8.87. The SMILES string of the molecule is CN(C)C(=O)NCCNC(=O)NCC1(C(=O)O)CC1. The number of carboxylic acids is 1. The zero-order valence-corrected chi connectivity index (χ0v) is 11.2. The molecule has 8 heteroatoms. The molecule has 0 saturated heterocycles. The van der Waals surface area contributed by atoms with Gasteiger partial charge in [0, 0.05) is 33.7 Å². The van der Waals surface area contributed by atoms with Crippen LogP contribution in [0, 0.1) is 5.41 Å². The first-order valence-corrected chi connectivity index (χ1v) is 6.08. The lowest BCUT2D eigenvalue weighted by atomic mass is 10.1. The number of nitrogens with one attached hydrogen (secondary N) is 3. The zero-order valence-electron chi connectivity index (χ0n) is 11.2. The van der Waals surface area contributed by atoms with Crippen LogP contribution in [-0.4, -0.2) is 61.8 Å². The summed E-state index contributed by atoms with van der Waals surface area (Å²) in [5.41, 5.74) is -0.767. The van der Waals surface area contributed by atoms with Gasteiger partial charge in [0.1, 0.15) is 0 Å². The lowest BCUT2D eigenvalue weighted by Gasteiger charge is -2.13. The Labute approximate surface area is 111 Å². The maximum atomic E-state index is 11.4. The van der Waals surface area contributed by atoms with E-state index in [0.717, 1.165) is 0 Å². The summed E-state index contributed by atoms with van der Waals surface area (Å²) >= 11 is 0. The van der Waals surface area contributed by atoms with Gasteiger partial charge < -0.3 is 26.0 Å². The third-order valence-corrected chi connectivity index (χ3v) is 2.99. The summed E-state index contributed by atoms with van der Waals surface area (Å²) < 4.78 is 0. The highest BCUT2D eigenvalue weighted by Crippen LogP contribution is 2.45. The van der Waals surface area contributed by atoms with E-state index in [2.05, 4.69) is 16.0 Å². The fraction of sp³-hybridized carbons (Fsp3) is 0.727. The van der Waals surface area contributed by atoms with Gasteiger partial charge in [-0.1, -0.05) is 0 Å². The maximum Gasteiger partial charge on any atom is 0.316 e. The number of carbonyl (C=O) groups is 3. The van der Waals surface area contributed by atoms with Crippen molar-refractivity contribution in [3.63, 3.8) is 0 Å². The van der Waals surface area contributed by atoms with Crippen molar-refractivity contribution in [2.24, 2.45) is 5.41 Å². The van der Waals surface area contributed by atoms with Crippen molar-refractivity contribution in [3.05, 3.63) is 0 Å². The van der Waals surface area contributed by atoms with Gasteiger partial charge in [0.15, 0.2) is 0 Å². The fourth-order valence-corrected chi connectivity index (χ4v) is 1.43. The summed E-state index contributed by atoms with van der Waals surface area (Å²) in [5, 5.41) is 16.6. The molecule has 8 nitrogen and oxygen atoms in total. The predicted molar refractivity (Wildman–Crippen MR) is 67.8 cm³/mol. The highest BCUT2D eigenvalue weighted by atomic mass is 16.4. The molecule has 0 bridgehead atoms. The zero-order chi connectivity index (χ0) is 14.5. The molecule has 1 saturated carbocycles. The van der Waals surface area contributed by atoms with E-state index in [1.165, 1.54) is 4.90 Å². The number of carboxylic acid groups (broad SMARTS) is 1. The van der Waals surface area contributed by atoms with E-state index >= 15 is 0 Å². The molecule has 0 aromatic heterocycles. The number of carbonyl (C=O) groups excluding carboxylic acids is 2. The summed E-state index contributed by atoms with van der Waals surface area (Å²) in [6, 6.07) is -0.656. The van der Waals surface area contributed by atoms with E-state index in [4.69, 9.17) is 5.11 Å². The van der Waals surface area contributed by atoms with Crippen molar-refractivity contribution in [1.29, 1.82) is 0 Å². The Hall–Kier alpha value is -1.99. The van der Waals surface area contributed by atoms with Crippen molar-refractivity contribution < 1.29 is 19.5 Å². The van der Waals surface area contributed by atoms with E-state index in [-0.39, 0.29) is 19.1 Å². The van der Waals surface area contributed by atoms with Crippen LogP contribution >= 0.6 is 0 Å². The Morgan fingerprint density at radius 2 is 1.68 bits per heavy atom. The molecule has 1 fully saturated rings. The lowest BCUT2D eigenvalue weighted by molar-refractivity contribution is -0.143. The molecule has 0 atom stereocenters. The quantitative estimate of drug-likeness (QED) is 0.485. The van der Waals surface area contributed by atoms with Gasteiger partial charge in [-0.15, -0.1) is 0 Å². The summed E-state index contributed by atoms with van der Waals surface area (Å²) in [6.07, 6.45) is 1.20. The van der Waals surface area contributed by atoms with Crippen LogP contribution in [0.2, 0.25) is 0 Å². The lowest BCUT2D eigenvalue weighted by Crippen LogP contribution is -2.44.